The summed E-state index contributed by atoms with van der Waals surface area (Å²) in [6, 6.07) is 29.8. The third-order valence-corrected chi connectivity index (χ3v) is 4.82. The maximum atomic E-state index is 4.60. The topological polar surface area (TPSA) is 12.9 Å². The highest BCUT2D eigenvalue weighted by molar-refractivity contribution is 5.75. The molecule has 0 spiro atoms. The van der Waals surface area contributed by atoms with Gasteiger partial charge in [0, 0.05) is 11.8 Å². The van der Waals surface area contributed by atoms with Gasteiger partial charge in [-0.25, -0.2) is 0 Å². The van der Waals surface area contributed by atoms with Crippen molar-refractivity contribution in [1.29, 1.82) is 0 Å². The lowest BCUT2D eigenvalue weighted by Gasteiger charge is -2.11. The number of hydrogen-bond acceptors (Lipinski definition) is 1. The summed E-state index contributed by atoms with van der Waals surface area (Å²) >= 11 is 0. The molecule has 1 nitrogen and oxygen atoms in total. The predicted molar refractivity (Wildman–Crippen MR) is 110 cm³/mol. The molecule has 126 valence electrons. The van der Waals surface area contributed by atoms with Crippen molar-refractivity contribution in [3.05, 3.63) is 102 Å². The molecule has 4 aromatic rings. The fourth-order valence-corrected chi connectivity index (χ4v) is 3.48. The molecular formula is C25H21N. The first kappa shape index (κ1) is 16.3. The monoisotopic (exact) mass is 335 g/mol. The number of nitrogens with zero attached hydrogens (tertiary/aromatic N) is 1. The van der Waals surface area contributed by atoms with E-state index in [0.717, 1.165) is 11.3 Å². The molecule has 0 aliphatic heterocycles. The summed E-state index contributed by atoms with van der Waals surface area (Å²) in [5.41, 5.74) is 9.71. The van der Waals surface area contributed by atoms with Crippen LogP contribution in [-0.2, 0) is 0 Å². The zero-order chi connectivity index (χ0) is 17.9. The molecule has 0 unspecified atom stereocenters. The van der Waals surface area contributed by atoms with Crippen LogP contribution in [0.4, 0.5) is 0 Å². The summed E-state index contributed by atoms with van der Waals surface area (Å²) in [7, 11) is 0. The van der Waals surface area contributed by atoms with Crippen molar-refractivity contribution in [2.45, 2.75) is 13.8 Å². The van der Waals surface area contributed by atoms with Crippen LogP contribution in [0.5, 0.6) is 0 Å². The first-order valence-electron chi connectivity index (χ1n) is 8.91. The average Bonchev–Trinajstić information content (AvgIpc) is 2.69. The van der Waals surface area contributed by atoms with Gasteiger partial charge in [0.2, 0.25) is 0 Å². The highest BCUT2D eigenvalue weighted by Crippen LogP contribution is 2.30. The van der Waals surface area contributed by atoms with E-state index in [9.17, 15) is 0 Å². The molecule has 0 saturated carbocycles. The second-order valence-electron chi connectivity index (χ2n) is 6.64. The van der Waals surface area contributed by atoms with Gasteiger partial charge in [-0.05, 0) is 59.4 Å². The van der Waals surface area contributed by atoms with E-state index in [4.69, 9.17) is 0 Å². The van der Waals surface area contributed by atoms with Crippen LogP contribution in [0.2, 0.25) is 0 Å². The number of pyridine rings is 1. The summed E-state index contributed by atoms with van der Waals surface area (Å²) in [6.45, 7) is 4.33. The Morgan fingerprint density at radius 3 is 1.85 bits per heavy atom. The molecule has 0 aliphatic rings. The zero-order valence-corrected chi connectivity index (χ0v) is 15.1. The van der Waals surface area contributed by atoms with E-state index < -0.39 is 0 Å². The fraction of sp³-hybridized carbons (Fsp3) is 0.0800. The second-order valence-corrected chi connectivity index (χ2v) is 6.64. The zero-order valence-electron chi connectivity index (χ0n) is 15.1. The Hall–Kier alpha value is -3.19. The van der Waals surface area contributed by atoms with Crippen LogP contribution >= 0.6 is 0 Å². The molecule has 3 aromatic carbocycles. The smallest absolute Gasteiger partial charge is 0.0708 e. The average molecular weight is 335 g/mol. The molecule has 0 fully saturated rings. The van der Waals surface area contributed by atoms with Crippen LogP contribution in [0, 0.1) is 13.8 Å². The molecule has 4 rings (SSSR count). The van der Waals surface area contributed by atoms with Gasteiger partial charge in [0.1, 0.15) is 0 Å². The molecule has 1 heteroatoms. The lowest BCUT2D eigenvalue weighted by atomic mass is 9.95. The molecule has 0 radical (unpaired) electrons. The molecule has 1 aromatic heterocycles. The minimum atomic E-state index is 1.00. The maximum Gasteiger partial charge on any atom is 0.0708 e. The highest BCUT2D eigenvalue weighted by atomic mass is 14.7. The van der Waals surface area contributed by atoms with Gasteiger partial charge in [0.15, 0.2) is 0 Å². The molecule has 0 N–H and O–H groups in total. The Balaban J connectivity index is 1.71. The molecule has 0 atom stereocenters. The Morgan fingerprint density at radius 2 is 1.15 bits per heavy atom. The van der Waals surface area contributed by atoms with E-state index in [2.05, 4.69) is 97.7 Å². The normalized spacial score (nSPS) is 10.7. The third-order valence-electron chi connectivity index (χ3n) is 4.82. The minimum absolute atomic E-state index is 1.00. The summed E-state index contributed by atoms with van der Waals surface area (Å²) in [5, 5.41) is 0. The first-order chi connectivity index (χ1) is 12.7. The lowest BCUT2D eigenvalue weighted by molar-refractivity contribution is 1.31. The quantitative estimate of drug-likeness (QED) is 0.406. The van der Waals surface area contributed by atoms with Gasteiger partial charge in [0.05, 0.1) is 5.69 Å². The van der Waals surface area contributed by atoms with E-state index in [1.807, 2.05) is 12.3 Å². The van der Waals surface area contributed by atoms with Gasteiger partial charge in [-0.3, -0.25) is 4.98 Å². The summed E-state index contributed by atoms with van der Waals surface area (Å²) < 4.78 is 0. The molecule has 0 aliphatic carbocycles. The number of benzene rings is 3. The SMILES string of the molecule is Cc1cccc(C)c1-c1ccnc(-c2ccc(-c3ccccc3)cc2)c1. The second kappa shape index (κ2) is 6.97. The van der Waals surface area contributed by atoms with Gasteiger partial charge in [-0.2, -0.15) is 0 Å². The summed E-state index contributed by atoms with van der Waals surface area (Å²) in [6.07, 6.45) is 1.90. The van der Waals surface area contributed by atoms with Crippen LogP contribution in [-0.4, -0.2) is 4.98 Å². The van der Waals surface area contributed by atoms with Gasteiger partial charge >= 0.3 is 0 Å². The lowest BCUT2D eigenvalue weighted by Crippen LogP contribution is -1.90. The molecule has 1 heterocycles. The van der Waals surface area contributed by atoms with Gasteiger partial charge < -0.3 is 0 Å². The summed E-state index contributed by atoms with van der Waals surface area (Å²) in [4.78, 5) is 4.60. The van der Waals surface area contributed by atoms with Crippen LogP contribution < -0.4 is 0 Å². The molecule has 0 amide bonds. The van der Waals surface area contributed by atoms with Crippen LogP contribution in [0.3, 0.4) is 0 Å². The van der Waals surface area contributed by atoms with Gasteiger partial charge in [-0.1, -0.05) is 72.8 Å². The van der Waals surface area contributed by atoms with E-state index >= 15 is 0 Å². The number of rotatable bonds is 3. The van der Waals surface area contributed by atoms with Crippen LogP contribution in [0.1, 0.15) is 11.1 Å². The predicted octanol–water partition coefficient (Wildman–Crippen LogP) is 6.70. The highest BCUT2D eigenvalue weighted by Gasteiger charge is 2.08. The minimum Gasteiger partial charge on any atom is -0.256 e. The van der Waals surface area contributed by atoms with Crippen molar-refractivity contribution < 1.29 is 0 Å². The summed E-state index contributed by atoms with van der Waals surface area (Å²) in [5.74, 6) is 0. The first-order valence-corrected chi connectivity index (χ1v) is 8.91. The number of aromatic nitrogens is 1. The van der Waals surface area contributed by atoms with Crippen molar-refractivity contribution in [2.75, 3.05) is 0 Å². The molecular weight excluding hydrogens is 314 g/mol. The Morgan fingerprint density at radius 1 is 0.538 bits per heavy atom. The Kier molecular flexibility index (Phi) is 4.37. The van der Waals surface area contributed by atoms with Crippen molar-refractivity contribution in [1.82, 2.24) is 4.98 Å². The van der Waals surface area contributed by atoms with Crippen LogP contribution in [0.15, 0.2) is 91.1 Å². The van der Waals surface area contributed by atoms with E-state index in [1.54, 1.807) is 0 Å². The molecule has 0 bridgehead atoms. The number of hydrogen-bond donors (Lipinski definition) is 0. The van der Waals surface area contributed by atoms with E-state index in [0.29, 0.717) is 0 Å². The van der Waals surface area contributed by atoms with Crippen molar-refractivity contribution in [2.24, 2.45) is 0 Å². The third kappa shape index (κ3) is 3.16. The van der Waals surface area contributed by atoms with Crippen molar-refractivity contribution in [3.8, 4) is 33.5 Å². The fourth-order valence-electron chi connectivity index (χ4n) is 3.48. The maximum absolute atomic E-state index is 4.60. The van der Waals surface area contributed by atoms with Crippen molar-refractivity contribution >= 4 is 0 Å². The van der Waals surface area contributed by atoms with Crippen molar-refractivity contribution in [3.63, 3.8) is 0 Å². The largest absolute Gasteiger partial charge is 0.256 e. The van der Waals surface area contributed by atoms with Gasteiger partial charge in [-0.15, -0.1) is 0 Å². The van der Waals surface area contributed by atoms with Crippen LogP contribution in [0.25, 0.3) is 33.5 Å². The van der Waals surface area contributed by atoms with E-state index in [-0.39, 0.29) is 0 Å². The molecule has 0 saturated heterocycles. The Bertz CT molecular complexity index is 1010. The number of aryl methyl sites for hydroxylation is 2. The Labute approximate surface area is 155 Å². The standard InChI is InChI=1S/C25H21N/c1-18-7-6-8-19(2)25(18)23-15-16-26-24(17-23)22-13-11-21(12-14-22)20-9-4-3-5-10-20/h3-17H,1-2H3. The van der Waals surface area contributed by atoms with E-state index in [1.165, 1.54) is 33.4 Å². The van der Waals surface area contributed by atoms with Gasteiger partial charge in [0.25, 0.3) is 0 Å². The molecule has 26 heavy (non-hydrogen) atoms.